The van der Waals surface area contributed by atoms with Crippen molar-refractivity contribution in [1.82, 2.24) is 4.57 Å². The maximum atomic E-state index is 12.9. The highest BCUT2D eigenvalue weighted by Crippen LogP contribution is 2.28. The molecule has 2 rings (SSSR count). The molecule has 6 heteroatoms. The van der Waals surface area contributed by atoms with Crippen molar-refractivity contribution in [2.75, 3.05) is 5.73 Å². The average Bonchev–Trinajstić information content (AvgIpc) is 2.48. The Hall–Kier alpha value is -3.02. The van der Waals surface area contributed by atoms with Gasteiger partial charge in [0.05, 0.1) is 11.3 Å². The van der Waals surface area contributed by atoms with Gasteiger partial charge in [-0.05, 0) is 45.4 Å². The van der Waals surface area contributed by atoms with Crippen LogP contribution in [0.2, 0.25) is 0 Å². The molecule has 0 saturated carbocycles. The van der Waals surface area contributed by atoms with Gasteiger partial charge in [-0.15, -0.1) is 0 Å². The molecule has 24 heavy (non-hydrogen) atoms. The predicted octanol–water partition coefficient (Wildman–Crippen LogP) is 2.51. The van der Waals surface area contributed by atoms with E-state index in [2.05, 4.69) is 0 Å². The molecule has 1 heterocycles. The van der Waals surface area contributed by atoms with Gasteiger partial charge in [-0.2, -0.15) is 0 Å². The fraction of sp³-hybridized carbons (Fsp3) is 0.222. The Morgan fingerprint density at radius 3 is 2.46 bits per heavy atom. The van der Waals surface area contributed by atoms with Gasteiger partial charge in [-0.1, -0.05) is 17.7 Å². The lowest BCUT2D eigenvalue weighted by atomic mass is 10.1. The lowest BCUT2D eigenvalue weighted by molar-refractivity contribution is 0.100. The SMILES string of the molecule is CC(C)=Cc1cc(C(N)=O)c(N)n(-c2c(C)ccc(O)c2C)c1=O.[HH]. The number of aromatic hydroxyl groups is 1. The third-order valence-electron chi connectivity index (χ3n) is 3.80. The van der Waals surface area contributed by atoms with Crippen molar-refractivity contribution in [3.8, 4) is 11.4 Å². The third-order valence-corrected chi connectivity index (χ3v) is 3.80. The van der Waals surface area contributed by atoms with Crippen LogP contribution in [0.5, 0.6) is 5.75 Å². The number of pyridine rings is 1. The molecule has 0 fully saturated rings. The van der Waals surface area contributed by atoms with Crippen LogP contribution in [0.15, 0.2) is 28.6 Å². The summed E-state index contributed by atoms with van der Waals surface area (Å²) in [5.74, 6) is -0.731. The quantitative estimate of drug-likeness (QED) is 0.803. The Morgan fingerprint density at radius 2 is 1.92 bits per heavy atom. The third kappa shape index (κ3) is 2.90. The molecule has 0 aliphatic rings. The minimum absolute atomic E-state index is 0. The van der Waals surface area contributed by atoms with Crippen molar-refractivity contribution >= 4 is 17.8 Å². The van der Waals surface area contributed by atoms with Crippen molar-refractivity contribution in [2.24, 2.45) is 5.73 Å². The van der Waals surface area contributed by atoms with Gasteiger partial charge < -0.3 is 16.6 Å². The number of aryl methyl sites for hydroxylation is 1. The molecule has 0 radical (unpaired) electrons. The van der Waals surface area contributed by atoms with E-state index in [1.165, 1.54) is 10.6 Å². The first-order valence-corrected chi connectivity index (χ1v) is 7.45. The highest BCUT2D eigenvalue weighted by Gasteiger charge is 2.19. The zero-order valence-electron chi connectivity index (χ0n) is 14.2. The van der Waals surface area contributed by atoms with Gasteiger partial charge in [0.15, 0.2) is 0 Å². The van der Waals surface area contributed by atoms with E-state index < -0.39 is 5.91 Å². The van der Waals surface area contributed by atoms with E-state index in [0.717, 1.165) is 11.1 Å². The Kier molecular flexibility index (Phi) is 4.50. The number of nitrogens with two attached hydrogens (primary N) is 2. The number of nitrogens with zero attached hydrogens (tertiary/aromatic N) is 1. The normalized spacial score (nSPS) is 10.5. The Balaban J connectivity index is 0.00000312. The first-order valence-electron chi connectivity index (χ1n) is 7.45. The molecule has 0 atom stereocenters. The minimum atomic E-state index is -0.722. The number of phenolic OH excluding ortho intramolecular Hbond substituents is 1. The standard InChI is InChI=1S/C18H21N3O3.H2/c1-9(2)7-12-8-13(17(20)23)16(19)21(18(12)24)15-10(3)5-6-14(22)11(15)4;/h5-8,22H,19H2,1-4H3,(H2,20,23);1H. The lowest BCUT2D eigenvalue weighted by Gasteiger charge is -2.18. The first kappa shape index (κ1) is 17.3. The molecule has 2 aromatic rings. The zero-order chi connectivity index (χ0) is 18.2. The van der Waals surface area contributed by atoms with Crippen molar-refractivity contribution < 1.29 is 11.3 Å². The molecule has 6 nitrogen and oxygen atoms in total. The predicted molar refractivity (Wildman–Crippen MR) is 97.5 cm³/mol. The van der Waals surface area contributed by atoms with Crippen LogP contribution in [0.25, 0.3) is 11.8 Å². The first-order chi connectivity index (χ1) is 11.1. The number of hydrogen-bond donors (Lipinski definition) is 3. The van der Waals surface area contributed by atoms with E-state index >= 15 is 0 Å². The van der Waals surface area contributed by atoms with Gasteiger partial charge in [-0.3, -0.25) is 14.2 Å². The lowest BCUT2D eigenvalue weighted by Crippen LogP contribution is -2.28. The van der Waals surface area contributed by atoms with Crippen LogP contribution in [0.3, 0.4) is 0 Å². The second-order valence-corrected chi connectivity index (χ2v) is 6.00. The van der Waals surface area contributed by atoms with Crippen molar-refractivity contribution in [3.05, 3.63) is 56.4 Å². The van der Waals surface area contributed by atoms with E-state index in [9.17, 15) is 14.7 Å². The van der Waals surface area contributed by atoms with Crippen molar-refractivity contribution in [1.29, 1.82) is 0 Å². The molecule has 0 saturated heterocycles. The van der Waals surface area contributed by atoms with E-state index in [4.69, 9.17) is 11.5 Å². The van der Waals surface area contributed by atoms with Gasteiger partial charge in [0.2, 0.25) is 0 Å². The number of benzene rings is 1. The van der Waals surface area contributed by atoms with Crippen molar-refractivity contribution in [2.45, 2.75) is 27.7 Å². The number of allylic oxidation sites excluding steroid dienone is 1. The molecule has 1 aromatic carbocycles. The Morgan fingerprint density at radius 1 is 1.29 bits per heavy atom. The van der Waals surface area contributed by atoms with Crippen LogP contribution in [-0.4, -0.2) is 15.6 Å². The van der Waals surface area contributed by atoms with E-state index in [1.54, 1.807) is 32.1 Å². The van der Waals surface area contributed by atoms with Crippen LogP contribution < -0.4 is 17.0 Å². The average molecular weight is 329 g/mol. The van der Waals surface area contributed by atoms with Crippen LogP contribution in [-0.2, 0) is 0 Å². The molecule has 0 unspecified atom stereocenters. The van der Waals surface area contributed by atoms with Crippen LogP contribution >= 0.6 is 0 Å². The highest BCUT2D eigenvalue weighted by molar-refractivity contribution is 5.98. The summed E-state index contributed by atoms with van der Waals surface area (Å²) >= 11 is 0. The summed E-state index contributed by atoms with van der Waals surface area (Å²) in [4.78, 5) is 24.7. The molecule has 1 amide bonds. The van der Waals surface area contributed by atoms with Gasteiger partial charge in [0.1, 0.15) is 11.6 Å². The van der Waals surface area contributed by atoms with Gasteiger partial charge in [0, 0.05) is 12.6 Å². The number of nitrogen functional groups attached to an aromatic ring is 1. The number of rotatable bonds is 3. The molecule has 0 spiro atoms. The molecular formula is C18H23N3O3. The number of primary amides is 1. The summed E-state index contributed by atoms with van der Waals surface area (Å²) in [5, 5.41) is 10.0. The number of anilines is 1. The Labute approximate surface area is 141 Å². The summed E-state index contributed by atoms with van der Waals surface area (Å²) in [5.41, 5.74) is 14.0. The van der Waals surface area contributed by atoms with Gasteiger partial charge >= 0.3 is 0 Å². The smallest absolute Gasteiger partial charge is 0.264 e. The molecule has 0 bridgehead atoms. The molecular weight excluding hydrogens is 306 g/mol. The van der Waals surface area contributed by atoms with Crippen LogP contribution in [0, 0.1) is 13.8 Å². The van der Waals surface area contributed by atoms with Crippen LogP contribution in [0.1, 0.15) is 42.3 Å². The maximum Gasteiger partial charge on any atom is 0.264 e. The number of hydrogen-bond acceptors (Lipinski definition) is 4. The maximum absolute atomic E-state index is 12.9. The topological polar surface area (TPSA) is 111 Å². The summed E-state index contributed by atoms with van der Waals surface area (Å²) in [6.45, 7) is 7.16. The zero-order valence-corrected chi connectivity index (χ0v) is 14.2. The monoisotopic (exact) mass is 329 g/mol. The number of carbonyl (C=O) groups is 1. The van der Waals surface area contributed by atoms with Crippen molar-refractivity contribution in [3.63, 3.8) is 0 Å². The van der Waals surface area contributed by atoms with E-state index in [0.29, 0.717) is 16.8 Å². The number of carbonyl (C=O) groups excluding carboxylic acids is 1. The fourth-order valence-corrected chi connectivity index (χ4v) is 2.65. The molecule has 1 aromatic heterocycles. The highest BCUT2D eigenvalue weighted by atomic mass is 16.3. The molecule has 128 valence electrons. The largest absolute Gasteiger partial charge is 0.508 e. The second kappa shape index (κ2) is 6.23. The van der Waals surface area contributed by atoms with E-state index in [1.807, 2.05) is 13.8 Å². The summed E-state index contributed by atoms with van der Waals surface area (Å²) in [7, 11) is 0. The number of aromatic nitrogens is 1. The summed E-state index contributed by atoms with van der Waals surface area (Å²) in [6.07, 6.45) is 1.66. The van der Waals surface area contributed by atoms with Crippen LogP contribution in [0.4, 0.5) is 5.82 Å². The Bertz CT molecular complexity index is 926. The fourth-order valence-electron chi connectivity index (χ4n) is 2.65. The van der Waals surface area contributed by atoms with Gasteiger partial charge in [-0.25, -0.2) is 0 Å². The number of phenols is 1. The van der Waals surface area contributed by atoms with Gasteiger partial charge in [0.25, 0.3) is 11.5 Å². The second-order valence-electron chi connectivity index (χ2n) is 6.00. The summed E-state index contributed by atoms with van der Waals surface area (Å²) in [6, 6.07) is 4.63. The minimum Gasteiger partial charge on any atom is -0.508 e. The molecule has 0 aliphatic heterocycles. The summed E-state index contributed by atoms with van der Waals surface area (Å²) < 4.78 is 1.24. The van der Waals surface area contributed by atoms with E-state index in [-0.39, 0.29) is 24.1 Å². The molecule has 0 aliphatic carbocycles. The number of amides is 1. The molecule has 5 N–H and O–H groups in total.